The Kier molecular flexibility index (Phi) is 4.27. The summed E-state index contributed by atoms with van der Waals surface area (Å²) in [5.41, 5.74) is 5.96. The zero-order valence-electron chi connectivity index (χ0n) is 12.1. The molecule has 2 N–H and O–H groups in total. The van der Waals surface area contributed by atoms with Crippen LogP contribution in [0.25, 0.3) is 0 Å². The topological polar surface area (TPSA) is 80.9 Å². The van der Waals surface area contributed by atoms with E-state index in [1.807, 2.05) is 11.8 Å². The predicted molar refractivity (Wildman–Crippen MR) is 80.9 cm³/mol. The Bertz CT molecular complexity index is 516. The van der Waals surface area contributed by atoms with Crippen LogP contribution in [0.2, 0.25) is 0 Å². The number of ether oxygens (including phenoxy) is 2. The smallest absolute Gasteiger partial charge is 0.268 e. The third kappa shape index (κ3) is 2.97. The minimum Gasteiger partial charge on any atom is -0.382 e. The van der Waals surface area contributed by atoms with Crippen molar-refractivity contribution in [2.75, 3.05) is 56.7 Å². The summed E-state index contributed by atoms with van der Waals surface area (Å²) in [6.07, 6.45) is 0. The molecule has 21 heavy (non-hydrogen) atoms. The van der Waals surface area contributed by atoms with Gasteiger partial charge in [0, 0.05) is 19.6 Å². The maximum atomic E-state index is 12.6. The van der Waals surface area contributed by atoms with Gasteiger partial charge < -0.3 is 25.0 Å². The van der Waals surface area contributed by atoms with Crippen LogP contribution in [-0.4, -0.2) is 67.9 Å². The van der Waals surface area contributed by atoms with Gasteiger partial charge in [0.25, 0.3) is 5.91 Å². The van der Waals surface area contributed by atoms with Crippen LogP contribution in [0.15, 0.2) is 0 Å². The number of thiazole rings is 1. The number of carbonyl (C=O) groups is 1. The molecule has 116 valence electrons. The van der Waals surface area contributed by atoms with E-state index in [0.717, 1.165) is 18.2 Å². The number of carbonyl (C=O) groups excluding carboxylic acids is 1. The number of aromatic nitrogens is 1. The largest absolute Gasteiger partial charge is 0.382 e. The van der Waals surface area contributed by atoms with E-state index >= 15 is 0 Å². The molecule has 1 amide bonds. The number of rotatable bonds is 2. The number of anilines is 2. The summed E-state index contributed by atoms with van der Waals surface area (Å²) < 4.78 is 10.7. The molecule has 0 radical (unpaired) electrons. The van der Waals surface area contributed by atoms with Crippen molar-refractivity contribution in [2.45, 2.75) is 13.0 Å². The quantitative estimate of drug-likeness (QED) is 0.852. The molecular formula is C13H20N4O3S. The van der Waals surface area contributed by atoms with Gasteiger partial charge in [0.2, 0.25) is 0 Å². The minimum absolute atomic E-state index is 0.0414. The molecule has 0 bridgehead atoms. The summed E-state index contributed by atoms with van der Waals surface area (Å²) in [6.45, 7) is 6.67. The van der Waals surface area contributed by atoms with Crippen LogP contribution in [0, 0.1) is 0 Å². The van der Waals surface area contributed by atoms with E-state index in [-0.39, 0.29) is 11.9 Å². The third-order valence-electron chi connectivity index (χ3n) is 3.75. The van der Waals surface area contributed by atoms with E-state index < -0.39 is 0 Å². The van der Waals surface area contributed by atoms with Crippen molar-refractivity contribution in [3.8, 4) is 0 Å². The summed E-state index contributed by atoms with van der Waals surface area (Å²) in [5, 5.41) is 0.806. The Hall–Kier alpha value is -1.38. The molecule has 0 aliphatic carbocycles. The van der Waals surface area contributed by atoms with Crippen molar-refractivity contribution in [3.05, 3.63) is 4.88 Å². The zero-order chi connectivity index (χ0) is 14.8. The fraction of sp³-hybridized carbons (Fsp3) is 0.692. The van der Waals surface area contributed by atoms with E-state index in [1.165, 1.54) is 11.3 Å². The highest BCUT2D eigenvalue weighted by Gasteiger charge is 2.29. The van der Waals surface area contributed by atoms with Gasteiger partial charge in [0.05, 0.1) is 32.5 Å². The summed E-state index contributed by atoms with van der Waals surface area (Å²) in [6, 6.07) is 0.0691. The lowest BCUT2D eigenvalue weighted by Gasteiger charge is -2.33. The Morgan fingerprint density at radius 2 is 2.00 bits per heavy atom. The fourth-order valence-electron chi connectivity index (χ4n) is 2.52. The third-order valence-corrected chi connectivity index (χ3v) is 4.87. The molecule has 0 saturated carbocycles. The lowest BCUT2D eigenvalue weighted by Crippen LogP contribution is -2.47. The van der Waals surface area contributed by atoms with Crippen molar-refractivity contribution in [1.29, 1.82) is 0 Å². The molecule has 0 spiro atoms. The van der Waals surface area contributed by atoms with Gasteiger partial charge in [-0.25, -0.2) is 4.98 Å². The van der Waals surface area contributed by atoms with Crippen LogP contribution >= 0.6 is 11.3 Å². The van der Waals surface area contributed by atoms with E-state index in [0.29, 0.717) is 43.7 Å². The van der Waals surface area contributed by atoms with Crippen LogP contribution < -0.4 is 10.6 Å². The van der Waals surface area contributed by atoms with E-state index in [4.69, 9.17) is 15.2 Å². The van der Waals surface area contributed by atoms with Gasteiger partial charge in [0.15, 0.2) is 5.13 Å². The number of hydrogen-bond donors (Lipinski definition) is 1. The van der Waals surface area contributed by atoms with Gasteiger partial charge >= 0.3 is 0 Å². The van der Waals surface area contributed by atoms with Gasteiger partial charge in [0.1, 0.15) is 10.7 Å². The van der Waals surface area contributed by atoms with Crippen LogP contribution in [0.5, 0.6) is 0 Å². The fourth-order valence-corrected chi connectivity index (χ4v) is 3.52. The summed E-state index contributed by atoms with van der Waals surface area (Å²) in [5.74, 6) is 0.283. The lowest BCUT2D eigenvalue weighted by molar-refractivity contribution is 0.00391. The van der Waals surface area contributed by atoms with Gasteiger partial charge in [-0.15, -0.1) is 0 Å². The summed E-state index contributed by atoms with van der Waals surface area (Å²) >= 11 is 1.37. The number of nitrogens with two attached hydrogens (primary N) is 1. The first-order valence-corrected chi connectivity index (χ1v) is 7.96. The van der Waals surface area contributed by atoms with Crippen LogP contribution in [0.1, 0.15) is 16.6 Å². The number of nitrogen functional groups attached to an aromatic ring is 1. The average Bonchev–Trinajstić information content (AvgIpc) is 2.90. The van der Waals surface area contributed by atoms with E-state index in [1.54, 1.807) is 0 Å². The predicted octanol–water partition coefficient (Wildman–Crippen LogP) is 0.423. The highest BCUT2D eigenvalue weighted by molar-refractivity contribution is 7.18. The Labute approximate surface area is 127 Å². The Balaban J connectivity index is 1.78. The molecule has 2 fully saturated rings. The monoisotopic (exact) mass is 312 g/mol. The molecule has 2 aliphatic rings. The van der Waals surface area contributed by atoms with Gasteiger partial charge in [-0.05, 0) is 6.92 Å². The normalized spacial score (nSPS) is 23.4. The number of morpholine rings is 2. The van der Waals surface area contributed by atoms with Crippen molar-refractivity contribution in [2.24, 2.45) is 0 Å². The van der Waals surface area contributed by atoms with Crippen molar-refractivity contribution < 1.29 is 14.3 Å². The van der Waals surface area contributed by atoms with E-state index in [9.17, 15) is 4.79 Å². The molecule has 1 aromatic rings. The molecule has 8 heteroatoms. The average molecular weight is 312 g/mol. The van der Waals surface area contributed by atoms with E-state index in [2.05, 4.69) is 9.88 Å². The minimum atomic E-state index is -0.0414. The van der Waals surface area contributed by atoms with Crippen LogP contribution in [0.4, 0.5) is 10.9 Å². The van der Waals surface area contributed by atoms with Crippen molar-refractivity contribution >= 4 is 28.2 Å². The highest BCUT2D eigenvalue weighted by Crippen LogP contribution is 2.30. The molecule has 2 saturated heterocycles. The van der Waals surface area contributed by atoms with Gasteiger partial charge in [-0.1, -0.05) is 11.3 Å². The molecule has 0 aromatic carbocycles. The van der Waals surface area contributed by atoms with Crippen molar-refractivity contribution in [1.82, 2.24) is 9.88 Å². The lowest BCUT2D eigenvalue weighted by atomic mass is 10.2. The second-order valence-corrected chi connectivity index (χ2v) is 6.21. The number of hydrogen-bond acceptors (Lipinski definition) is 7. The second-order valence-electron chi connectivity index (χ2n) is 5.23. The van der Waals surface area contributed by atoms with Crippen LogP contribution in [0.3, 0.4) is 0 Å². The molecular weight excluding hydrogens is 292 g/mol. The standard InChI is InChI=1S/C13H20N4O3S/c1-9-8-20-7-4-17(9)12(18)10-11(14)15-13(21-10)16-2-5-19-6-3-16/h9H,2-8,14H2,1H3. The van der Waals surface area contributed by atoms with Gasteiger partial charge in [-0.2, -0.15) is 0 Å². The Morgan fingerprint density at radius 1 is 1.29 bits per heavy atom. The highest BCUT2D eigenvalue weighted by atomic mass is 32.1. The SMILES string of the molecule is CC1COCCN1C(=O)c1sc(N2CCOCC2)nc1N. The summed E-state index contributed by atoms with van der Waals surface area (Å²) in [7, 11) is 0. The molecule has 3 heterocycles. The Morgan fingerprint density at radius 3 is 2.71 bits per heavy atom. The molecule has 1 atom stereocenters. The second kappa shape index (κ2) is 6.17. The maximum absolute atomic E-state index is 12.6. The summed E-state index contributed by atoms with van der Waals surface area (Å²) in [4.78, 5) is 21.5. The molecule has 1 aromatic heterocycles. The first-order chi connectivity index (χ1) is 10.2. The van der Waals surface area contributed by atoms with Crippen LogP contribution in [-0.2, 0) is 9.47 Å². The van der Waals surface area contributed by atoms with Gasteiger partial charge in [-0.3, -0.25) is 4.79 Å². The first kappa shape index (κ1) is 14.6. The number of amides is 1. The maximum Gasteiger partial charge on any atom is 0.268 e. The first-order valence-electron chi connectivity index (χ1n) is 7.14. The molecule has 3 rings (SSSR count). The molecule has 7 nitrogen and oxygen atoms in total. The zero-order valence-corrected chi connectivity index (χ0v) is 12.9. The number of nitrogens with zero attached hydrogens (tertiary/aromatic N) is 3. The molecule has 1 unspecified atom stereocenters. The van der Waals surface area contributed by atoms with Crippen molar-refractivity contribution in [3.63, 3.8) is 0 Å². The molecule has 2 aliphatic heterocycles.